The normalized spacial score (nSPS) is 15.8. The summed E-state index contributed by atoms with van der Waals surface area (Å²) in [5.74, 6) is 1.50. The number of unbranched alkanes of at least 4 members (excludes halogenated alkanes) is 2. The number of nitrogens with zero attached hydrogens (tertiary/aromatic N) is 2. The number of carbonyl (C=O) groups is 2. The number of urea groups is 1. The van der Waals surface area contributed by atoms with Gasteiger partial charge in [-0.1, -0.05) is 67.4 Å². The third-order valence-corrected chi connectivity index (χ3v) is 13.6. The highest BCUT2D eigenvalue weighted by Gasteiger charge is 2.40. The van der Waals surface area contributed by atoms with Crippen LogP contribution >= 0.6 is 8.53 Å². The smallest absolute Gasteiger partial charge is 0.315 e. The van der Waals surface area contributed by atoms with Crippen LogP contribution in [0.2, 0.25) is 0 Å². The van der Waals surface area contributed by atoms with Crippen molar-refractivity contribution in [1.29, 1.82) is 5.26 Å². The first kappa shape index (κ1) is 57.2. The van der Waals surface area contributed by atoms with E-state index in [2.05, 4.69) is 66.5 Å². The van der Waals surface area contributed by atoms with Crippen molar-refractivity contribution >= 4 is 20.5 Å². The molecule has 17 heteroatoms. The van der Waals surface area contributed by atoms with E-state index in [-0.39, 0.29) is 62.3 Å². The number of hydrogen-bond acceptors (Lipinski definition) is 13. The Kier molecular flexibility index (Phi) is 26.9. The fourth-order valence-corrected chi connectivity index (χ4v) is 9.66. The van der Waals surface area contributed by atoms with E-state index in [1.54, 1.807) is 14.2 Å². The third kappa shape index (κ3) is 19.7. The van der Waals surface area contributed by atoms with Gasteiger partial charge in [-0.2, -0.15) is 5.26 Å². The molecule has 16 nitrogen and oxygen atoms in total. The number of rotatable bonds is 37. The van der Waals surface area contributed by atoms with Crippen molar-refractivity contribution in [3.05, 3.63) is 95.6 Å². The number of amides is 3. The second-order valence-electron chi connectivity index (χ2n) is 17.3. The molecular formula is C52H78N5O11P. The maximum absolute atomic E-state index is 12.2. The van der Waals surface area contributed by atoms with E-state index in [4.69, 9.17) is 42.2 Å². The van der Waals surface area contributed by atoms with Gasteiger partial charge in [0.2, 0.25) is 5.91 Å². The summed E-state index contributed by atoms with van der Waals surface area (Å²) in [4.78, 5) is 23.6. The van der Waals surface area contributed by atoms with Gasteiger partial charge in [0.1, 0.15) is 23.2 Å². The molecule has 1 aliphatic rings. The quantitative estimate of drug-likeness (QED) is 0.0286. The summed E-state index contributed by atoms with van der Waals surface area (Å²) < 4.78 is 57.2. The molecule has 4 atom stereocenters. The molecule has 69 heavy (non-hydrogen) atoms. The van der Waals surface area contributed by atoms with Crippen molar-refractivity contribution < 1.29 is 51.8 Å². The van der Waals surface area contributed by atoms with E-state index in [0.29, 0.717) is 59.2 Å². The first-order chi connectivity index (χ1) is 33.5. The van der Waals surface area contributed by atoms with Gasteiger partial charge >= 0.3 is 6.03 Å². The topological polar surface area (TPSA) is 180 Å². The monoisotopic (exact) mass is 980 g/mol. The van der Waals surface area contributed by atoms with Crippen LogP contribution in [0.3, 0.4) is 0 Å². The molecule has 0 radical (unpaired) electrons. The molecule has 0 aliphatic carbocycles. The largest absolute Gasteiger partial charge is 0.497 e. The number of carbonyl (C=O) groups excluding carboxylic acids is 2. The third-order valence-electron chi connectivity index (χ3n) is 11.5. The highest BCUT2D eigenvalue weighted by molar-refractivity contribution is 7.44. The van der Waals surface area contributed by atoms with Crippen LogP contribution in [0, 0.1) is 11.3 Å². The van der Waals surface area contributed by atoms with Gasteiger partial charge in [-0.15, -0.1) is 0 Å². The van der Waals surface area contributed by atoms with E-state index in [9.17, 15) is 14.9 Å². The highest BCUT2D eigenvalue weighted by Crippen LogP contribution is 2.48. The van der Waals surface area contributed by atoms with Crippen molar-refractivity contribution in [1.82, 2.24) is 20.6 Å². The van der Waals surface area contributed by atoms with Crippen LogP contribution in [0.25, 0.3) is 0 Å². The van der Waals surface area contributed by atoms with Crippen molar-refractivity contribution in [2.24, 2.45) is 0 Å². The molecular weight excluding hydrogens is 902 g/mol. The van der Waals surface area contributed by atoms with Gasteiger partial charge in [0, 0.05) is 37.7 Å². The molecule has 2 unspecified atom stereocenters. The van der Waals surface area contributed by atoms with Crippen LogP contribution in [0.4, 0.5) is 4.79 Å². The van der Waals surface area contributed by atoms with E-state index in [0.717, 1.165) is 60.3 Å². The minimum absolute atomic E-state index is 0.0541. The van der Waals surface area contributed by atoms with Gasteiger partial charge in [0.25, 0.3) is 8.53 Å². The molecule has 3 aromatic rings. The Morgan fingerprint density at radius 1 is 0.725 bits per heavy atom. The Hall–Kier alpha value is -4.40. The molecule has 382 valence electrons. The standard InChI is InChI=1S/C52H78N5O11P/c1-40(2)57(41(3)4)69(67-31-14-28-53)68-48(39-66-52(43-16-10-8-11-17-43,44-20-24-46(60-6)25-21-44)45-22-26-47(61-7)27-23-45)38-65-37-36-64-35-34-63-33-32-62-30-15-29-54-50(58)19-13-9-12-18-49-42(5)55-51(59)56-49/h8,10-11,16-17,20-27,40-42,48-49H,9,12-15,18-19,29-39H2,1-7H3,(H,54,58)(H2,55,56,59)/t42-,48?,49+,69?/m0/s1. The lowest BCUT2D eigenvalue weighted by Crippen LogP contribution is -2.39. The maximum atomic E-state index is 12.2. The van der Waals surface area contributed by atoms with Gasteiger partial charge in [-0.25, -0.2) is 9.46 Å². The minimum atomic E-state index is -1.62. The lowest BCUT2D eigenvalue weighted by molar-refractivity contribution is -0.121. The fraction of sp³-hybridized carbons (Fsp3) is 0.596. The number of hydrogen-bond donors (Lipinski definition) is 3. The molecule has 0 spiro atoms. The van der Waals surface area contributed by atoms with Gasteiger partial charge in [-0.05, 0) is 94.8 Å². The minimum Gasteiger partial charge on any atom is -0.497 e. The Morgan fingerprint density at radius 2 is 1.29 bits per heavy atom. The van der Waals surface area contributed by atoms with Crippen molar-refractivity contribution in [2.75, 3.05) is 86.8 Å². The fourth-order valence-electron chi connectivity index (χ4n) is 7.98. The van der Waals surface area contributed by atoms with Crippen LogP contribution < -0.4 is 25.4 Å². The molecule has 3 N–H and O–H groups in total. The predicted octanol–water partition coefficient (Wildman–Crippen LogP) is 8.27. The number of nitriles is 1. The van der Waals surface area contributed by atoms with Crippen molar-refractivity contribution in [3.63, 3.8) is 0 Å². The molecule has 0 saturated carbocycles. The number of methoxy groups -OCH3 is 2. The van der Waals surface area contributed by atoms with Crippen LogP contribution in [0.1, 0.15) is 96.3 Å². The molecule has 3 aromatic carbocycles. The first-order valence-electron chi connectivity index (χ1n) is 24.4. The van der Waals surface area contributed by atoms with E-state index >= 15 is 0 Å². The SMILES string of the molecule is COc1ccc(C(OCC(COCCOCCOCCOCCCNC(=O)CCCCC[C@H]2NC(=O)N[C@H]2C)OP(OCCC#N)N(C(C)C)C(C)C)(c2ccccc2)c2ccc(OC)cc2)cc1. The Balaban J connectivity index is 1.26. The molecule has 4 rings (SSSR count). The Labute approximate surface area is 412 Å². The summed E-state index contributed by atoms with van der Waals surface area (Å²) in [5.41, 5.74) is 1.62. The molecule has 0 aromatic heterocycles. The van der Waals surface area contributed by atoms with Gasteiger partial charge in [-0.3, -0.25) is 4.79 Å². The van der Waals surface area contributed by atoms with Crippen LogP contribution in [0.15, 0.2) is 78.9 Å². The Morgan fingerprint density at radius 3 is 1.83 bits per heavy atom. The summed E-state index contributed by atoms with van der Waals surface area (Å²) in [6.45, 7) is 14.4. The zero-order valence-electron chi connectivity index (χ0n) is 42.0. The second kappa shape index (κ2) is 32.5. The van der Waals surface area contributed by atoms with E-state index < -0.39 is 20.2 Å². The van der Waals surface area contributed by atoms with E-state index in [1.807, 2.05) is 73.7 Å². The molecule has 1 heterocycles. The second-order valence-corrected chi connectivity index (χ2v) is 18.7. The number of benzene rings is 3. The van der Waals surface area contributed by atoms with Crippen molar-refractivity contribution in [2.45, 2.75) is 115 Å². The number of ether oxygens (including phenoxy) is 7. The van der Waals surface area contributed by atoms with Crippen LogP contribution in [-0.4, -0.2) is 134 Å². The first-order valence-corrected chi connectivity index (χ1v) is 25.5. The van der Waals surface area contributed by atoms with Crippen LogP contribution in [-0.2, 0) is 43.1 Å². The summed E-state index contributed by atoms with van der Waals surface area (Å²) in [5, 5.41) is 18.1. The summed E-state index contributed by atoms with van der Waals surface area (Å²) in [6, 6.07) is 28.5. The zero-order valence-corrected chi connectivity index (χ0v) is 42.8. The lowest BCUT2D eigenvalue weighted by atomic mass is 9.80. The molecule has 0 bridgehead atoms. The maximum Gasteiger partial charge on any atom is 0.315 e. The molecule has 1 aliphatic heterocycles. The van der Waals surface area contributed by atoms with Gasteiger partial charge in [0.05, 0.1) is 92.2 Å². The van der Waals surface area contributed by atoms with Crippen molar-refractivity contribution in [3.8, 4) is 17.6 Å². The van der Waals surface area contributed by atoms with Gasteiger partial charge in [0.15, 0.2) is 0 Å². The summed E-state index contributed by atoms with van der Waals surface area (Å²) >= 11 is 0. The highest BCUT2D eigenvalue weighted by atomic mass is 31.2. The predicted molar refractivity (Wildman–Crippen MR) is 267 cm³/mol. The van der Waals surface area contributed by atoms with Crippen LogP contribution in [0.5, 0.6) is 11.5 Å². The zero-order chi connectivity index (χ0) is 49.7. The van der Waals surface area contributed by atoms with Gasteiger partial charge < -0.3 is 58.2 Å². The lowest BCUT2D eigenvalue weighted by Gasteiger charge is -2.39. The number of nitrogens with one attached hydrogen (secondary N) is 3. The molecule has 1 saturated heterocycles. The summed E-state index contributed by atoms with van der Waals surface area (Å²) in [7, 11) is 1.67. The average molecular weight is 980 g/mol. The molecule has 1 fully saturated rings. The van der Waals surface area contributed by atoms with E-state index in [1.165, 1.54) is 0 Å². The summed E-state index contributed by atoms with van der Waals surface area (Å²) in [6.07, 6.45) is 4.55. The average Bonchev–Trinajstić information content (AvgIpc) is 3.68. The Bertz CT molecular complexity index is 1850. The molecule has 3 amide bonds.